The molecule has 0 fully saturated rings. The van der Waals surface area contributed by atoms with Gasteiger partial charge in [-0.2, -0.15) is 0 Å². The van der Waals surface area contributed by atoms with Crippen molar-refractivity contribution in [2.75, 3.05) is 6.66 Å². The summed E-state index contributed by atoms with van der Waals surface area (Å²) >= 11 is 0. The van der Waals surface area contributed by atoms with Crippen molar-refractivity contribution in [1.29, 1.82) is 0 Å². The summed E-state index contributed by atoms with van der Waals surface area (Å²) in [6.07, 6.45) is 0. The zero-order valence-corrected chi connectivity index (χ0v) is 10.9. The van der Waals surface area contributed by atoms with E-state index in [9.17, 15) is 0 Å². The second-order valence-electron chi connectivity index (χ2n) is 3.97. The van der Waals surface area contributed by atoms with Gasteiger partial charge in [-0.1, -0.05) is 0 Å². The fraction of sp³-hybridized carbons (Fsp3) is 1.00. The minimum atomic E-state index is -1.24. The van der Waals surface area contributed by atoms with Crippen LogP contribution in [-0.4, -0.2) is 23.0 Å². The van der Waals surface area contributed by atoms with Gasteiger partial charge in [-0.25, -0.2) is 0 Å². The summed E-state index contributed by atoms with van der Waals surface area (Å²) in [4.78, 5) is 0. The van der Waals surface area contributed by atoms with Gasteiger partial charge in [-0.3, -0.25) is 0 Å². The molecular formula is C6H19OPSi2. The molecule has 0 aliphatic carbocycles. The second-order valence-corrected chi connectivity index (χ2v) is 17.6. The molecule has 0 aromatic carbocycles. The Morgan fingerprint density at radius 1 is 1.00 bits per heavy atom. The van der Waals surface area contributed by atoms with Crippen LogP contribution < -0.4 is 0 Å². The van der Waals surface area contributed by atoms with Crippen LogP contribution in [-0.2, 0) is 4.12 Å². The van der Waals surface area contributed by atoms with Crippen LogP contribution in [0.25, 0.3) is 0 Å². The monoisotopic (exact) mass is 194 g/mol. The fourth-order valence-electron chi connectivity index (χ4n) is 0.816. The first kappa shape index (κ1) is 10.8. The van der Waals surface area contributed by atoms with E-state index in [0.29, 0.717) is 0 Å². The van der Waals surface area contributed by atoms with Gasteiger partial charge in [0, 0.05) is 0 Å². The molecule has 0 amide bonds. The van der Waals surface area contributed by atoms with Crippen LogP contribution in [0.5, 0.6) is 0 Å². The normalized spacial score (nSPS) is 15.0. The van der Waals surface area contributed by atoms with Gasteiger partial charge in [-0.05, 0) is 39.4 Å². The fourth-order valence-corrected chi connectivity index (χ4v) is 11.0. The van der Waals surface area contributed by atoms with Crippen molar-refractivity contribution >= 4 is 24.4 Å². The van der Waals surface area contributed by atoms with Crippen LogP contribution >= 0.6 is 8.13 Å². The predicted molar refractivity (Wildman–Crippen MR) is 56.2 cm³/mol. The van der Waals surface area contributed by atoms with E-state index in [1.165, 1.54) is 0 Å². The summed E-state index contributed by atoms with van der Waals surface area (Å²) in [6, 6.07) is 0. The Bertz CT molecular complexity index is 109. The molecule has 0 heterocycles. The van der Waals surface area contributed by atoms with Crippen LogP contribution in [0.3, 0.4) is 0 Å². The van der Waals surface area contributed by atoms with Crippen LogP contribution in [0, 0.1) is 0 Å². The Morgan fingerprint density at radius 2 is 1.40 bits per heavy atom. The van der Waals surface area contributed by atoms with Crippen molar-refractivity contribution < 1.29 is 4.12 Å². The molecule has 0 spiro atoms. The van der Waals surface area contributed by atoms with E-state index in [1.54, 1.807) is 0 Å². The van der Waals surface area contributed by atoms with E-state index in [0.717, 1.165) is 8.13 Å². The van der Waals surface area contributed by atoms with Crippen molar-refractivity contribution in [3.8, 4) is 0 Å². The smallest absolute Gasteiger partial charge is 0.196 e. The van der Waals surface area contributed by atoms with Crippen LogP contribution in [0.15, 0.2) is 0 Å². The minimum absolute atomic E-state index is 1.01. The molecule has 0 aliphatic rings. The molecule has 62 valence electrons. The van der Waals surface area contributed by atoms with Crippen molar-refractivity contribution in [1.82, 2.24) is 0 Å². The number of rotatable bonds is 3. The van der Waals surface area contributed by atoms with Gasteiger partial charge < -0.3 is 4.12 Å². The molecule has 1 nitrogen and oxygen atoms in total. The third kappa shape index (κ3) is 5.60. The van der Waals surface area contributed by atoms with Crippen LogP contribution in [0.1, 0.15) is 0 Å². The van der Waals surface area contributed by atoms with Gasteiger partial charge in [0.1, 0.15) is 0 Å². The molecule has 0 aromatic heterocycles. The maximum Gasteiger partial charge on any atom is 0.196 e. The molecular weight excluding hydrogens is 175 g/mol. The largest absolute Gasteiger partial charge is 0.453 e. The molecule has 1 unspecified atom stereocenters. The summed E-state index contributed by atoms with van der Waals surface area (Å²) in [5.74, 6) is 0. The molecule has 4 heteroatoms. The molecule has 0 saturated heterocycles. The molecule has 0 aromatic rings. The molecule has 0 N–H and O–H groups in total. The second kappa shape index (κ2) is 3.48. The average Bonchev–Trinajstić information content (AvgIpc) is 1.60. The van der Waals surface area contributed by atoms with Crippen LogP contribution in [0.2, 0.25) is 32.7 Å². The molecule has 0 aliphatic heterocycles. The zero-order chi connectivity index (χ0) is 8.41. The van der Waals surface area contributed by atoms with Gasteiger partial charge in [0.05, 0.1) is 0 Å². The quantitative estimate of drug-likeness (QED) is 0.496. The lowest BCUT2D eigenvalue weighted by Gasteiger charge is -2.30. The topological polar surface area (TPSA) is 9.23 Å². The molecule has 0 radical (unpaired) electrons. The Morgan fingerprint density at radius 3 is 1.50 bits per heavy atom. The van der Waals surface area contributed by atoms with E-state index >= 15 is 0 Å². The van der Waals surface area contributed by atoms with E-state index < -0.39 is 16.3 Å². The van der Waals surface area contributed by atoms with E-state index in [1.807, 2.05) is 0 Å². The first-order valence-electron chi connectivity index (χ1n) is 3.66. The highest BCUT2D eigenvalue weighted by Gasteiger charge is 2.27. The lowest BCUT2D eigenvalue weighted by atomic mass is 11.8. The Hall–Kier alpha value is 0.824. The average molecular weight is 194 g/mol. The third-order valence-electron chi connectivity index (χ3n) is 1.16. The minimum Gasteiger partial charge on any atom is -0.453 e. The highest BCUT2D eigenvalue weighted by atomic mass is 31.3. The summed E-state index contributed by atoms with van der Waals surface area (Å²) < 4.78 is 6.06. The van der Waals surface area contributed by atoms with E-state index in [2.05, 4.69) is 39.4 Å². The van der Waals surface area contributed by atoms with Gasteiger partial charge in [0.15, 0.2) is 16.3 Å². The van der Waals surface area contributed by atoms with Gasteiger partial charge in [0.25, 0.3) is 0 Å². The first-order chi connectivity index (χ1) is 4.27. The standard InChI is InChI=1S/C6H19OPSi2/c1-8-10(5,6)7-9(2,3)4/h8H,1-6H3. The third-order valence-corrected chi connectivity index (χ3v) is 11.4. The molecule has 0 bridgehead atoms. The SMILES string of the molecule is CP[Si](C)(C)O[Si](C)(C)C. The maximum atomic E-state index is 6.06. The Labute approximate surface area is 68.5 Å². The van der Waals surface area contributed by atoms with E-state index in [-0.39, 0.29) is 0 Å². The number of hydrogen-bond donors (Lipinski definition) is 0. The highest BCUT2D eigenvalue weighted by Crippen LogP contribution is 2.27. The summed E-state index contributed by atoms with van der Waals surface area (Å²) in [5.41, 5.74) is 0. The maximum absolute atomic E-state index is 6.06. The van der Waals surface area contributed by atoms with Crippen molar-refractivity contribution in [3.05, 3.63) is 0 Å². The lowest BCUT2D eigenvalue weighted by Crippen LogP contribution is -2.38. The van der Waals surface area contributed by atoms with Crippen molar-refractivity contribution in [3.63, 3.8) is 0 Å². The summed E-state index contributed by atoms with van der Waals surface area (Å²) in [6.45, 7) is 13.7. The predicted octanol–water partition coefficient (Wildman–Crippen LogP) is 2.85. The molecule has 10 heavy (non-hydrogen) atoms. The van der Waals surface area contributed by atoms with Crippen molar-refractivity contribution in [2.45, 2.75) is 32.7 Å². The van der Waals surface area contributed by atoms with Gasteiger partial charge >= 0.3 is 0 Å². The highest BCUT2D eigenvalue weighted by molar-refractivity contribution is 7.79. The summed E-state index contributed by atoms with van der Waals surface area (Å²) in [5, 5.41) is 0. The van der Waals surface area contributed by atoms with Gasteiger partial charge in [0.2, 0.25) is 0 Å². The molecule has 1 atom stereocenters. The number of hydrogen-bond acceptors (Lipinski definition) is 1. The Kier molecular flexibility index (Phi) is 3.77. The zero-order valence-electron chi connectivity index (χ0n) is 7.91. The first-order valence-corrected chi connectivity index (χ1v) is 12.5. The lowest BCUT2D eigenvalue weighted by molar-refractivity contribution is 0.575. The molecule has 0 saturated carbocycles. The molecule has 0 rings (SSSR count). The van der Waals surface area contributed by atoms with Crippen LogP contribution in [0.4, 0.5) is 0 Å². The summed E-state index contributed by atoms with van der Waals surface area (Å²) in [7, 11) is -1.46. The van der Waals surface area contributed by atoms with E-state index in [4.69, 9.17) is 4.12 Å². The van der Waals surface area contributed by atoms with Crippen molar-refractivity contribution in [2.24, 2.45) is 0 Å². The Balaban J connectivity index is 3.89. The van der Waals surface area contributed by atoms with Gasteiger partial charge in [-0.15, -0.1) is 8.13 Å².